The lowest BCUT2D eigenvalue weighted by Gasteiger charge is -2.30. The van der Waals surface area contributed by atoms with Crippen molar-refractivity contribution in [3.05, 3.63) is 94.9 Å². The standard InChI is InChI=1S/C29H33N3O3/c1-20-7-6-8-21(2)27(20)29(34)32-17-24-15-31(16-25(24)18-32)26(22-9-4-3-5-10-22)11-13-30-28(33)23-12-14-35-19-23/h3-10,12,14,19,24-26H,11,13,15-18H2,1-2H3,(H,30,33)/t24-,25?,26?/m0/s1. The third-order valence-electron chi connectivity index (χ3n) is 7.61. The Labute approximate surface area is 206 Å². The van der Waals surface area contributed by atoms with Gasteiger partial charge in [-0.2, -0.15) is 0 Å². The monoisotopic (exact) mass is 471 g/mol. The van der Waals surface area contributed by atoms with Gasteiger partial charge in [-0.3, -0.25) is 14.5 Å². The highest BCUT2D eigenvalue weighted by Gasteiger charge is 2.43. The highest BCUT2D eigenvalue weighted by molar-refractivity contribution is 5.97. The Balaban J connectivity index is 1.23. The van der Waals surface area contributed by atoms with E-state index in [9.17, 15) is 9.59 Å². The normalized spacial score (nSPS) is 20.6. The first kappa shape index (κ1) is 23.4. The molecule has 0 radical (unpaired) electrons. The van der Waals surface area contributed by atoms with E-state index in [1.54, 1.807) is 6.07 Å². The topological polar surface area (TPSA) is 65.8 Å². The van der Waals surface area contributed by atoms with Gasteiger partial charge in [-0.25, -0.2) is 0 Å². The van der Waals surface area contributed by atoms with Crippen molar-refractivity contribution >= 4 is 11.8 Å². The van der Waals surface area contributed by atoms with Crippen LogP contribution in [0, 0.1) is 25.7 Å². The minimum atomic E-state index is -0.107. The van der Waals surface area contributed by atoms with Crippen LogP contribution in [0.25, 0.3) is 0 Å². The number of hydrogen-bond donors (Lipinski definition) is 1. The summed E-state index contributed by atoms with van der Waals surface area (Å²) < 4.78 is 5.03. The fourth-order valence-electron chi connectivity index (χ4n) is 5.81. The van der Waals surface area contributed by atoms with E-state index >= 15 is 0 Å². The second-order valence-corrected chi connectivity index (χ2v) is 9.93. The SMILES string of the molecule is Cc1cccc(C)c1C(=O)N1CC2CN(C(CCNC(=O)c3ccoc3)c3ccccc3)C[C@H]2C1. The maximum Gasteiger partial charge on any atom is 0.254 e. The maximum atomic E-state index is 13.3. The van der Waals surface area contributed by atoms with Crippen molar-refractivity contribution in [2.24, 2.45) is 11.8 Å². The molecule has 1 N–H and O–H groups in total. The quantitative estimate of drug-likeness (QED) is 0.553. The molecule has 2 fully saturated rings. The predicted octanol–water partition coefficient (Wildman–Crippen LogP) is 4.46. The number of rotatable bonds is 7. The maximum absolute atomic E-state index is 13.3. The smallest absolute Gasteiger partial charge is 0.254 e. The number of furan rings is 1. The van der Waals surface area contributed by atoms with E-state index in [4.69, 9.17) is 4.42 Å². The molecule has 3 heterocycles. The Morgan fingerprint density at radius 2 is 1.63 bits per heavy atom. The van der Waals surface area contributed by atoms with E-state index in [-0.39, 0.29) is 17.9 Å². The van der Waals surface area contributed by atoms with Crippen molar-refractivity contribution in [3.63, 3.8) is 0 Å². The molecule has 0 aliphatic carbocycles. The molecule has 2 saturated heterocycles. The van der Waals surface area contributed by atoms with Crippen LogP contribution < -0.4 is 5.32 Å². The molecule has 1 aromatic heterocycles. The number of hydrogen-bond acceptors (Lipinski definition) is 4. The van der Waals surface area contributed by atoms with Gasteiger partial charge in [0.15, 0.2) is 0 Å². The third-order valence-corrected chi connectivity index (χ3v) is 7.61. The van der Waals surface area contributed by atoms with Gasteiger partial charge in [-0.1, -0.05) is 48.5 Å². The highest BCUT2D eigenvalue weighted by atomic mass is 16.3. The van der Waals surface area contributed by atoms with Crippen LogP contribution in [0.2, 0.25) is 0 Å². The molecule has 2 aromatic carbocycles. The fourth-order valence-corrected chi connectivity index (χ4v) is 5.81. The molecule has 6 nitrogen and oxygen atoms in total. The van der Waals surface area contributed by atoms with Gasteiger partial charge in [0.05, 0.1) is 11.8 Å². The van der Waals surface area contributed by atoms with Crippen LogP contribution in [0.15, 0.2) is 71.5 Å². The molecule has 0 bridgehead atoms. The number of likely N-dealkylation sites (tertiary alicyclic amines) is 2. The molecule has 3 aromatic rings. The number of amides is 2. The second-order valence-electron chi connectivity index (χ2n) is 9.93. The van der Waals surface area contributed by atoms with Crippen LogP contribution >= 0.6 is 0 Å². The lowest BCUT2D eigenvalue weighted by atomic mass is 10.0. The highest BCUT2D eigenvalue weighted by Crippen LogP contribution is 2.37. The minimum absolute atomic E-state index is 0.107. The summed E-state index contributed by atoms with van der Waals surface area (Å²) in [5.41, 5.74) is 4.78. The molecule has 6 heteroatoms. The third kappa shape index (κ3) is 4.89. The van der Waals surface area contributed by atoms with Gasteiger partial charge in [0.1, 0.15) is 6.26 Å². The van der Waals surface area contributed by atoms with Crippen LogP contribution in [-0.2, 0) is 0 Å². The first-order valence-corrected chi connectivity index (χ1v) is 12.5. The van der Waals surface area contributed by atoms with Gasteiger partial charge in [-0.05, 0) is 54.9 Å². The Hall–Kier alpha value is -3.38. The van der Waals surface area contributed by atoms with E-state index in [1.165, 1.54) is 18.1 Å². The van der Waals surface area contributed by atoms with Crippen LogP contribution in [-0.4, -0.2) is 54.3 Å². The molecule has 182 valence electrons. The number of carbonyl (C=O) groups is 2. The van der Waals surface area contributed by atoms with Crippen molar-refractivity contribution < 1.29 is 14.0 Å². The number of fused-ring (bicyclic) bond motifs is 1. The van der Waals surface area contributed by atoms with Crippen molar-refractivity contribution in [1.82, 2.24) is 15.1 Å². The van der Waals surface area contributed by atoms with Gasteiger partial charge in [-0.15, -0.1) is 0 Å². The van der Waals surface area contributed by atoms with E-state index in [0.29, 0.717) is 23.9 Å². The van der Waals surface area contributed by atoms with Crippen LogP contribution in [0.1, 0.15) is 49.9 Å². The molecule has 2 unspecified atom stereocenters. The first-order chi connectivity index (χ1) is 17.0. The summed E-state index contributed by atoms with van der Waals surface area (Å²) in [6.07, 6.45) is 3.81. The summed E-state index contributed by atoms with van der Waals surface area (Å²) in [6.45, 7) is 8.20. The lowest BCUT2D eigenvalue weighted by Crippen LogP contribution is -2.36. The van der Waals surface area contributed by atoms with E-state index in [0.717, 1.165) is 49.3 Å². The average Bonchev–Trinajstić information content (AvgIpc) is 3.59. The molecular weight excluding hydrogens is 438 g/mol. The summed E-state index contributed by atoms with van der Waals surface area (Å²) in [4.78, 5) is 30.3. The zero-order chi connectivity index (χ0) is 24.4. The van der Waals surface area contributed by atoms with Crippen molar-refractivity contribution in [1.29, 1.82) is 0 Å². The van der Waals surface area contributed by atoms with Gasteiger partial charge < -0.3 is 14.6 Å². The van der Waals surface area contributed by atoms with Gasteiger partial charge in [0.25, 0.3) is 11.8 Å². The molecule has 5 rings (SSSR count). The lowest BCUT2D eigenvalue weighted by molar-refractivity contribution is 0.0767. The molecule has 2 aliphatic heterocycles. The van der Waals surface area contributed by atoms with E-state index in [2.05, 4.69) is 39.4 Å². The number of nitrogens with zero attached hydrogens (tertiary/aromatic N) is 2. The summed E-state index contributed by atoms with van der Waals surface area (Å²) in [7, 11) is 0. The van der Waals surface area contributed by atoms with Crippen molar-refractivity contribution in [2.75, 3.05) is 32.7 Å². The summed E-state index contributed by atoms with van der Waals surface area (Å²) in [5.74, 6) is 1.03. The van der Waals surface area contributed by atoms with E-state index < -0.39 is 0 Å². The average molecular weight is 472 g/mol. The van der Waals surface area contributed by atoms with Crippen molar-refractivity contribution in [2.45, 2.75) is 26.3 Å². The number of aryl methyl sites for hydroxylation is 2. The largest absolute Gasteiger partial charge is 0.472 e. The fraction of sp³-hybridized carbons (Fsp3) is 0.379. The van der Waals surface area contributed by atoms with E-state index in [1.807, 2.05) is 38.1 Å². The van der Waals surface area contributed by atoms with Crippen LogP contribution in [0.5, 0.6) is 0 Å². The Morgan fingerprint density at radius 3 is 2.26 bits per heavy atom. The van der Waals surface area contributed by atoms with Crippen LogP contribution in [0.4, 0.5) is 0 Å². The van der Waals surface area contributed by atoms with Gasteiger partial charge in [0.2, 0.25) is 0 Å². The Bertz CT molecular complexity index is 1140. The summed E-state index contributed by atoms with van der Waals surface area (Å²) >= 11 is 0. The molecule has 0 spiro atoms. The second kappa shape index (κ2) is 10.1. The van der Waals surface area contributed by atoms with Gasteiger partial charge >= 0.3 is 0 Å². The molecule has 0 saturated carbocycles. The van der Waals surface area contributed by atoms with Gasteiger partial charge in [0, 0.05) is 44.3 Å². The zero-order valence-electron chi connectivity index (χ0n) is 20.4. The molecule has 35 heavy (non-hydrogen) atoms. The minimum Gasteiger partial charge on any atom is -0.472 e. The molecule has 3 atom stereocenters. The first-order valence-electron chi connectivity index (χ1n) is 12.5. The summed E-state index contributed by atoms with van der Waals surface area (Å²) in [5, 5.41) is 3.03. The Kier molecular flexibility index (Phi) is 6.73. The zero-order valence-corrected chi connectivity index (χ0v) is 20.4. The number of nitrogens with one attached hydrogen (secondary N) is 1. The molecule has 2 aliphatic rings. The predicted molar refractivity (Wildman–Crippen MR) is 135 cm³/mol. The Morgan fingerprint density at radius 1 is 0.943 bits per heavy atom. The molecule has 2 amide bonds. The van der Waals surface area contributed by atoms with Crippen molar-refractivity contribution in [3.8, 4) is 0 Å². The van der Waals surface area contributed by atoms with Crippen LogP contribution in [0.3, 0.4) is 0 Å². The number of benzene rings is 2. The molecular formula is C29H33N3O3. The summed E-state index contributed by atoms with van der Waals surface area (Å²) in [6, 6.07) is 18.5. The number of carbonyl (C=O) groups excluding carboxylic acids is 2.